The van der Waals surface area contributed by atoms with Crippen LogP contribution < -0.4 is 4.74 Å². The third-order valence-electron chi connectivity index (χ3n) is 4.14. The Morgan fingerprint density at radius 1 is 1.27 bits per heavy atom. The van der Waals surface area contributed by atoms with Crippen LogP contribution in [0.1, 0.15) is 32.3 Å². The third kappa shape index (κ3) is 4.00. The minimum absolute atomic E-state index is 0.0115. The SMILES string of the molecule is CCOc1ccc(CC(=O)N2CC(C(=O)O)CCC2C)cc1. The molecule has 1 heterocycles. The average molecular weight is 305 g/mol. The molecule has 0 spiro atoms. The molecular weight excluding hydrogens is 282 g/mol. The highest BCUT2D eigenvalue weighted by molar-refractivity contribution is 5.80. The monoisotopic (exact) mass is 305 g/mol. The summed E-state index contributed by atoms with van der Waals surface area (Å²) < 4.78 is 5.38. The fourth-order valence-corrected chi connectivity index (χ4v) is 2.80. The molecule has 2 rings (SSSR count). The van der Waals surface area contributed by atoms with Crippen LogP contribution in [0.15, 0.2) is 24.3 Å². The second-order valence-electron chi connectivity index (χ2n) is 5.76. The van der Waals surface area contributed by atoms with Gasteiger partial charge in [0.1, 0.15) is 5.75 Å². The maximum absolute atomic E-state index is 12.5. The number of carboxylic acid groups (broad SMARTS) is 1. The van der Waals surface area contributed by atoms with Gasteiger partial charge < -0.3 is 14.7 Å². The number of nitrogens with zero attached hydrogens (tertiary/aromatic N) is 1. The number of aliphatic carboxylic acids is 1. The number of carboxylic acids is 1. The molecule has 1 N–H and O–H groups in total. The smallest absolute Gasteiger partial charge is 0.308 e. The molecule has 1 aliphatic rings. The lowest BCUT2D eigenvalue weighted by Crippen LogP contribution is -2.47. The van der Waals surface area contributed by atoms with Gasteiger partial charge in [0.2, 0.25) is 5.91 Å². The Balaban J connectivity index is 1.99. The number of ether oxygens (including phenoxy) is 1. The molecule has 1 saturated heterocycles. The van der Waals surface area contributed by atoms with Gasteiger partial charge in [0.25, 0.3) is 0 Å². The number of hydrogen-bond acceptors (Lipinski definition) is 3. The number of amides is 1. The number of piperidine rings is 1. The highest BCUT2D eigenvalue weighted by Crippen LogP contribution is 2.23. The van der Waals surface area contributed by atoms with Gasteiger partial charge in [0, 0.05) is 12.6 Å². The predicted molar refractivity (Wildman–Crippen MR) is 82.8 cm³/mol. The molecule has 1 fully saturated rings. The molecule has 1 aliphatic heterocycles. The quantitative estimate of drug-likeness (QED) is 0.906. The Morgan fingerprint density at radius 2 is 1.95 bits per heavy atom. The van der Waals surface area contributed by atoms with Gasteiger partial charge in [-0.15, -0.1) is 0 Å². The maximum Gasteiger partial charge on any atom is 0.308 e. The summed E-state index contributed by atoms with van der Waals surface area (Å²) in [6, 6.07) is 7.57. The van der Waals surface area contributed by atoms with E-state index >= 15 is 0 Å². The van der Waals surface area contributed by atoms with E-state index in [0.29, 0.717) is 26.0 Å². The van der Waals surface area contributed by atoms with Crippen LogP contribution in [-0.2, 0) is 16.0 Å². The topological polar surface area (TPSA) is 66.8 Å². The number of hydrogen-bond donors (Lipinski definition) is 1. The van der Waals surface area contributed by atoms with Crippen LogP contribution in [0.5, 0.6) is 5.75 Å². The second-order valence-corrected chi connectivity index (χ2v) is 5.76. The van der Waals surface area contributed by atoms with E-state index in [1.807, 2.05) is 38.1 Å². The zero-order valence-electron chi connectivity index (χ0n) is 13.1. The first-order valence-electron chi connectivity index (χ1n) is 7.75. The van der Waals surface area contributed by atoms with Crippen LogP contribution in [0.2, 0.25) is 0 Å². The van der Waals surface area contributed by atoms with Gasteiger partial charge in [-0.1, -0.05) is 12.1 Å². The van der Waals surface area contributed by atoms with Gasteiger partial charge in [0.15, 0.2) is 0 Å². The zero-order chi connectivity index (χ0) is 16.1. The fraction of sp³-hybridized carbons (Fsp3) is 0.529. The molecule has 0 radical (unpaired) electrons. The van der Waals surface area contributed by atoms with Gasteiger partial charge in [-0.25, -0.2) is 0 Å². The lowest BCUT2D eigenvalue weighted by atomic mass is 9.93. The van der Waals surface area contributed by atoms with Crippen LogP contribution >= 0.6 is 0 Å². The van der Waals surface area contributed by atoms with E-state index in [1.54, 1.807) is 4.90 Å². The standard InChI is InChI=1S/C17H23NO4/c1-3-22-15-8-5-13(6-9-15)10-16(19)18-11-14(17(20)21)7-4-12(18)2/h5-6,8-9,12,14H,3-4,7,10-11H2,1-2H3,(H,20,21). The molecule has 1 aromatic carbocycles. The van der Waals surface area contributed by atoms with Crippen LogP contribution in [0.25, 0.3) is 0 Å². The maximum atomic E-state index is 12.5. The summed E-state index contributed by atoms with van der Waals surface area (Å²) in [6.45, 7) is 4.83. The third-order valence-corrected chi connectivity index (χ3v) is 4.14. The number of rotatable bonds is 5. The molecule has 0 saturated carbocycles. The van der Waals surface area contributed by atoms with Crippen molar-refractivity contribution in [2.24, 2.45) is 5.92 Å². The lowest BCUT2D eigenvalue weighted by molar-refractivity contribution is -0.146. The van der Waals surface area contributed by atoms with E-state index in [9.17, 15) is 9.59 Å². The highest BCUT2D eigenvalue weighted by Gasteiger charge is 2.32. The van der Waals surface area contributed by atoms with Crippen molar-refractivity contribution in [3.8, 4) is 5.75 Å². The van der Waals surface area contributed by atoms with Gasteiger partial charge in [-0.05, 0) is 44.4 Å². The molecule has 1 amide bonds. The van der Waals surface area contributed by atoms with Crippen LogP contribution in [0.4, 0.5) is 0 Å². The summed E-state index contributed by atoms with van der Waals surface area (Å²) in [5.74, 6) is -0.482. The molecule has 5 nitrogen and oxygen atoms in total. The zero-order valence-corrected chi connectivity index (χ0v) is 13.1. The van der Waals surface area contributed by atoms with Crippen molar-refractivity contribution in [1.29, 1.82) is 0 Å². The Bertz CT molecular complexity index is 526. The molecule has 2 atom stereocenters. The first-order chi connectivity index (χ1) is 10.5. The first kappa shape index (κ1) is 16.3. The van der Waals surface area contributed by atoms with Gasteiger partial charge in [-0.2, -0.15) is 0 Å². The van der Waals surface area contributed by atoms with Crippen molar-refractivity contribution in [1.82, 2.24) is 4.90 Å². The molecule has 1 aromatic rings. The second kappa shape index (κ2) is 7.29. The Morgan fingerprint density at radius 3 is 2.55 bits per heavy atom. The molecule has 22 heavy (non-hydrogen) atoms. The van der Waals surface area contributed by atoms with E-state index in [1.165, 1.54) is 0 Å². The van der Waals surface area contributed by atoms with Gasteiger partial charge in [0.05, 0.1) is 18.9 Å². The van der Waals surface area contributed by atoms with E-state index in [2.05, 4.69) is 0 Å². The summed E-state index contributed by atoms with van der Waals surface area (Å²) in [7, 11) is 0. The van der Waals surface area contributed by atoms with E-state index < -0.39 is 11.9 Å². The van der Waals surface area contributed by atoms with Crippen molar-refractivity contribution >= 4 is 11.9 Å². The lowest BCUT2D eigenvalue weighted by Gasteiger charge is -2.36. The Kier molecular flexibility index (Phi) is 5.41. The molecule has 5 heteroatoms. The van der Waals surface area contributed by atoms with Gasteiger partial charge >= 0.3 is 5.97 Å². The van der Waals surface area contributed by atoms with Crippen molar-refractivity contribution in [3.05, 3.63) is 29.8 Å². The van der Waals surface area contributed by atoms with Crippen LogP contribution in [0, 0.1) is 5.92 Å². The van der Waals surface area contributed by atoms with Gasteiger partial charge in [-0.3, -0.25) is 9.59 Å². The highest BCUT2D eigenvalue weighted by atomic mass is 16.5. The minimum atomic E-state index is -0.814. The van der Waals surface area contributed by atoms with Crippen molar-refractivity contribution < 1.29 is 19.4 Å². The van der Waals surface area contributed by atoms with Crippen LogP contribution in [-0.4, -0.2) is 41.1 Å². The predicted octanol–water partition coefficient (Wildman–Crippen LogP) is 2.34. The van der Waals surface area contributed by atoms with Crippen LogP contribution in [0.3, 0.4) is 0 Å². The summed E-state index contributed by atoms with van der Waals surface area (Å²) in [5.41, 5.74) is 0.915. The molecule has 0 aliphatic carbocycles. The average Bonchev–Trinajstić information content (AvgIpc) is 2.49. The van der Waals surface area contributed by atoms with E-state index in [0.717, 1.165) is 17.7 Å². The summed E-state index contributed by atoms with van der Waals surface area (Å²) in [5, 5.41) is 9.14. The molecule has 0 bridgehead atoms. The van der Waals surface area contributed by atoms with E-state index in [-0.39, 0.29) is 11.9 Å². The van der Waals surface area contributed by atoms with Crippen molar-refractivity contribution in [3.63, 3.8) is 0 Å². The number of benzene rings is 1. The number of carbonyl (C=O) groups is 2. The summed E-state index contributed by atoms with van der Waals surface area (Å²) >= 11 is 0. The normalized spacial score (nSPS) is 21.5. The largest absolute Gasteiger partial charge is 0.494 e. The Labute approximate surface area is 130 Å². The number of carbonyl (C=O) groups excluding carboxylic acids is 1. The van der Waals surface area contributed by atoms with Crippen molar-refractivity contribution in [2.45, 2.75) is 39.2 Å². The summed E-state index contributed by atoms with van der Waals surface area (Å²) in [4.78, 5) is 25.3. The van der Waals surface area contributed by atoms with E-state index in [4.69, 9.17) is 9.84 Å². The number of likely N-dealkylation sites (tertiary alicyclic amines) is 1. The summed E-state index contributed by atoms with van der Waals surface area (Å²) in [6.07, 6.45) is 1.68. The van der Waals surface area contributed by atoms with Crippen molar-refractivity contribution in [2.75, 3.05) is 13.2 Å². The molecular formula is C17H23NO4. The minimum Gasteiger partial charge on any atom is -0.494 e. The molecule has 0 aromatic heterocycles. The Hall–Kier alpha value is -2.04. The molecule has 2 unspecified atom stereocenters. The first-order valence-corrected chi connectivity index (χ1v) is 7.75. The fourth-order valence-electron chi connectivity index (χ4n) is 2.80. The molecule has 120 valence electrons.